The summed E-state index contributed by atoms with van der Waals surface area (Å²) in [6.07, 6.45) is 0. The summed E-state index contributed by atoms with van der Waals surface area (Å²) in [5.74, 6) is 2.33. The van der Waals surface area contributed by atoms with Gasteiger partial charge in [0, 0.05) is 34.8 Å². The zero-order valence-corrected chi connectivity index (χ0v) is 23.1. The van der Waals surface area contributed by atoms with Crippen LogP contribution in [0.4, 0.5) is 11.5 Å². The number of ether oxygens (including phenoxy) is 1. The van der Waals surface area contributed by atoms with Gasteiger partial charge < -0.3 is 29.9 Å². The zero-order valence-electron chi connectivity index (χ0n) is 23.1. The van der Waals surface area contributed by atoms with Crippen LogP contribution in [-0.2, 0) is 0 Å². The first-order valence-corrected chi connectivity index (χ1v) is 12.9. The second-order valence-corrected chi connectivity index (χ2v) is 9.71. The van der Waals surface area contributed by atoms with Crippen LogP contribution in [0.5, 0.6) is 5.75 Å². The molecule has 4 aromatic heterocycles. The Morgan fingerprint density at radius 1 is 1.02 bits per heavy atom. The van der Waals surface area contributed by atoms with Crippen molar-refractivity contribution in [3.63, 3.8) is 0 Å². The molecule has 4 heterocycles. The van der Waals surface area contributed by atoms with E-state index in [9.17, 15) is 4.79 Å². The van der Waals surface area contributed by atoms with Gasteiger partial charge in [-0.2, -0.15) is 0 Å². The van der Waals surface area contributed by atoms with E-state index in [4.69, 9.17) is 19.2 Å². The summed E-state index contributed by atoms with van der Waals surface area (Å²) >= 11 is 0. The standard InChI is InChI=1S/C30H29N7O3/c1-14-24(30(38)31-5)27(26(32-14)18-10-8-7-9-11-18)36-29-25-19-13-22(39-6)20(23-15(2)37-40-16(23)3)12-21(19)35-28(25)33-17(4)34-29/h7-13,32H,1-6H3,(H,31,38)(H2,33,34,35,36). The Bertz CT molecular complexity index is 1900. The van der Waals surface area contributed by atoms with Crippen LogP contribution < -0.4 is 15.4 Å². The second-order valence-electron chi connectivity index (χ2n) is 9.71. The molecule has 1 amide bonds. The van der Waals surface area contributed by atoms with E-state index in [-0.39, 0.29) is 5.91 Å². The molecule has 2 aromatic carbocycles. The van der Waals surface area contributed by atoms with Crippen molar-refractivity contribution < 1.29 is 14.1 Å². The van der Waals surface area contributed by atoms with E-state index >= 15 is 0 Å². The largest absolute Gasteiger partial charge is 0.496 e. The number of carbonyl (C=O) groups is 1. The Morgan fingerprint density at radius 3 is 2.48 bits per heavy atom. The van der Waals surface area contributed by atoms with E-state index in [0.29, 0.717) is 40.1 Å². The van der Waals surface area contributed by atoms with Crippen LogP contribution >= 0.6 is 0 Å². The molecule has 10 heteroatoms. The molecule has 0 aliphatic rings. The smallest absolute Gasteiger partial charge is 0.254 e. The van der Waals surface area contributed by atoms with E-state index in [1.807, 2.05) is 70.2 Å². The fourth-order valence-corrected chi connectivity index (χ4v) is 5.36. The first-order valence-electron chi connectivity index (χ1n) is 12.9. The average molecular weight is 536 g/mol. The number of H-pyrrole nitrogens is 2. The van der Waals surface area contributed by atoms with Crippen LogP contribution in [0.1, 0.15) is 33.3 Å². The fourth-order valence-electron chi connectivity index (χ4n) is 5.36. The monoisotopic (exact) mass is 535 g/mol. The van der Waals surface area contributed by atoms with Crippen molar-refractivity contribution in [1.29, 1.82) is 0 Å². The van der Waals surface area contributed by atoms with Crippen molar-refractivity contribution in [2.24, 2.45) is 0 Å². The number of aromatic amines is 2. The molecule has 6 rings (SSSR count). The van der Waals surface area contributed by atoms with Crippen molar-refractivity contribution in [3.05, 3.63) is 71.0 Å². The SMILES string of the molecule is CNC(=O)c1c(C)[nH]c(-c2ccccc2)c1Nc1nc(C)nc2[nH]c3cc(-c4c(C)noc4C)c(OC)cc3c12. The van der Waals surface area contributed by atoms with Crippen molar-refractivity contribution >= 4 is 39.3 Å². The molecule has 0 radical (unpaired) electrons. The molecule has 0 aliphatic heterocycles. The normalized spacial score (nSPS) is 11.3. The van der Waals surface area contributed by atoms with Crippen LogP contribution in [0, 0.1) is 27.7 Å². The lowest BCUT2D eigenvalue weighted by Gasteiger charge is -2.12. The Labute approximate surface area is 230 Å². The van der Waals surface area contributed by atoms with Gasteiger partial charge in [-0.3, -0.25) is 4.79 Å². The van der Waals surface area contributed by atoms with E-state index in [1.165, 1.54) is 0 Å². The minimum absolute atomic E-state index is 0.204. The minimum Gasteiger partial charge on any atom is -0.496 e. The maximum absolute atomic E-state index is 13.0. The third kappa shape index (κ3) is 3.96. The maximum Gasteiger partial charge on any atom is 0.254 e. The number of amides is 1. The van der Waals surface area contributed by atoms with Gasteiger partial charge in [-0.05, 0) is 39.8 Å². The number of carbonyl (C=O) groups excluding carboxylic acids is 1. The van der Waals surface area contributed by atoms with Gasteiger partial charge in [0.15, 0.2) is 0 Å². The van der Waals surface area contributed by atoms with Crippen molar-refractivity contribution in [2.75, 3.05) is 19.5 Å². The van der Waals surface area contributed by atoms with Gasteiger partial charge in [0.25, 0.3) is 5.91 Å². The summed E-state index contributed by atoms with van der Waals surface area (Å²) in [7, 11) is 3.26. The minimum atomic E-state index is -0.204. The highest BCUT2D eigenvalue weighted by Crippen LogP contribution is 2.42. The number of fused-ring (bicyclic) bond motifs is 3. The number of aromatic nitrogens is 5. The molecule has 0 unspecified atom stereocenters. The van der Waals surface area contributed by atoms with E-state index < -0.39 is 0 Å². The molecule has 0 aliphatic carbocycles. The van der Waals surface area contributed by atoms with E-state index in [0.717, 1.165) is 50.1 Å². The number of aryl methyl sites for hydroxylation is 4. The average Bonchev–Trinajstić information content (AvgIpc) is 3.59. The van der Waals surface area contributed by atoms with Gasteiger partial charge in [0.1, 0.15) is 28.8 Å². The van der Waals surface area contributed by atoms with Gasteiger partial charge >= 0.3 is 0 Å². The number of nitrogens with one attached hydrogen (secondary N) is 4. The molecule has 0 saturated carbocycles. The molecule has 0 saturated heterocycles. The summed E-state index contributed by atoms with van der Waals surface area (Å²) in [4.78, 5) is 29.4. The number of hydrogen-bond donors (Lipinski definition) is 4. The summed E-state index contributed by atoms with van der Waals surface area (Å²) in [6.45, 7) is 7.51. The third-order valence-corrected chi connectivity index (χ3v) is 7.13. The highest BCUT2D eigenvalue weighted by atomic mass is 16.5. The number of methoxy groups -OCH3 is 1. The first-order chi connectivity index (χ1) is 19.3. The predicted molar refractivity (Wildman–Crippen MR) is 155 cm³/mol. The lowest BCUT2D eigenvalue weighted by atomic mass is 10.0. The Hall–Kier alpha value is -5.12. The molecule has 10 nitrogen and oxygen atoms in total. The lowest BCUT2D eigenvalue weighted by Crippen LogP contribution is -2.19. The van der Waals surface area contributed by atoms with Gasteiger partial charge in [0.2, 0.25) is 0 Å². The topological polar surface area (TPSA) is 134 Å². The highest BCUT2D eigenvalue weighted by Gasteiger charge is 2.25. The van der Waals surface area contributed by atoms with Crippen LogP contribution in [0.25, 0.3) is 44.3 Å². The summed E-state index contributed by atoms with van der Waals surface area (Å²) in [5.41, 5.74) is 7.69. The Kier molecular flexibility index (Phi) is 6.02. The Balaban J connectivity index is 1.60. The molecule has 0 atom stereocenters. The third-order valence-electron chi connectivity index (χ3n) is 7.13. The quantitative estimate of drug-likeness (QED) is 0.202. The number of rotatable bonds is 6. The summed E-state index contributed by atoms with van der Waals surface area (Å²) in [5, 5.41) is 12.0. The van der Waals surface area contributed by atoms with Gasteiger partial charge in [-0.15, -0.1) is 0 Å². The molecular weight excluding hydrogens is 506 g/mol. The zero-order chi connectivity index (χ0) is 28.1. The summed E-state index contributed by atoms with van der Waals surface area (Å²) in [6, 6.07) is 13.9. The Morgan fingerprint density at radius 2 is 1.80 bits per heavy atom. The maximum atomic E-state index is 13.0. The number of anilines is 2. The van der Waals surface area contributed by atoms with E-state index in [1.54, 1.807) is 14.2 Å². The van der Waals surface area contributed by atoms with Crippen LogP contribution in [0.15, 0.2) is 47.0 Å². The molecule has 6 aromatic rings. The first kappa shape index (κ1) is 25.2. The number of benzene rings is 2. The van der Waals surface area contributed by atoms with E-state index in [2.05, 4.69) is 25.8 Å². The molecular formula is C30H29N7O3. The second kappa shape index (κ2) is 9.57. The van der Waals surface area contributed by atoms with Crippen LogP contribution in [-0.4, -0.2) is 45.2 Å². The summed E-state index contributed by atoms with van der Waals surface area (Å²) < 4.78 is 11.3. The molecule has 0 spiro atoms. The van der Waals surface area contributed by atoms with Crippen molar-refractivity contribution in [3.8, 4) is 28.1 Å². The molecule has 202 valence electrons. The molecule has 40 heavy (non-hydrogen) atoms. The van der Waals surface area contributed by atoms with Gasteiger partial charge in [-0.25, -0.2) is 9.97 Å². The lowest BCUT2D eigenvalue weighted by molar-refractivity contribution is 0.0963. The number of nitrogens with zero attached hydrogens (tertiary/aromatic N) is 3. The van der Waals surface area contributed by atoms with Crippen LogP contribution in [0.2, 0.25) is 0 Å². The van der Waals surface area contributed by atoms with Crippen LogP contribution in [0.3, 0.4) is 0 Å². The molecule has 0 fully saturated rings. The van der Waals surface area contributed by atoms with Gasteiger partial charge in [-0.1, -0.05) is 35.5 Å². The predicted octanol–water partition coefficient (Wildman–Crippen LogP) is 6.11. The van der Waals surface area contributed by atoms with Crippen molar-refractivity contribution in [1.82, 2.24) is 30.4 Å². The molecule has 4 N–H and O–H groups in total. The number of hydrogen-bond acceptors (Lipinski definition) is 7. The molecule has 0 bridgehead atoms. The van der Waals surface area contributed by atoms with Gasteiger partial charge in [0.05, 0.1) is 40.7 Å². The van der Waals surface area contributed by atoms with Crippen molar-refractivity contribution in [2.45, 2.75) is 27.7 Å². The fraction of sp³-hybridized carbons (Fsp3) is 0.200. The highest BCUT2D eigenvalue weighted by molar-refractivity contribution is 6.14.